The molecular weight excluding hydrogens is 265 g/mol. The van der Waals surface area contributed by atoms with Gasteiger partial charge in [-0.1, -0.05) is 20.8 Å². The maximum absolute atomic E-state index is 12.3. The highest BCUT2D eigenvalue weighted by Crippen LogP contribution is 2.41. The second-order valence-electron chi connectivity index (χ2n) is 6.85. The molecule has 0 spiro atoms. The number of rotatable bonds is 7. The maximum Gasteiger partial charge on any atom is 0.390 e. The van der Waals surface area contributed by atoms with Crippen LogP contribution in [0.3, 0.4) is 0 Å². The zero-order valence-electron chi connectivity index (χ0n) is 13.2. The van der Waals surface area contributed by atoms with Crippen molar-refractivity contribution < 1.29 is 13.2 Å². The molecule has 2 nitrogen and oxygen atoms in total. The van der Waals surface area contributed by atoms with Crippen LogP contribution in [0.2, 0.25) is 0 Å². The quantitative estimate of drug-likeness (QED) is 0.770. The second-order valence-corrected chi connectivity index (χ2v) is 6.85. The number of nitrogens with zero attached hydrogens (tertiary/aromatic N) is 1. The average molecular weight is 294 g/mol. The topological polar surface area (TPSA) is 15.3 Å². The number of hydrogen-bond donors (Lipinski definition) is 1. The summed E-state index contributed by atoms with van der Waals surface area (Å²) < 4.78 is 36.8. The predicted molar refractivity (Wildman–Crippen MR) is 76.8 cm³/mol. The van der Waals surface area contributed by atoms with E-state index < -0.39 is 12.6 Å². The smallest absolute Gasteiger partial charge is 0.313 e. The summed E-state index contributed by atoms with van der Waals surface area (Å²) in [5, 5.41) is 3.60. The Morgan fingerprint density at radius 3 is 2.50 bits per heavy atom. The fraction of sp³-hybridized carbons (Fsp3) is 1.00. The molecule has 0 aromatic carbocycles. The van der Waals surface area contributed by atoms with Gasteiger partial charge in [-0.25, -0.2) is 0 Å². The van der Waals surface area contributed by atoms with Gasteiger partial charge in [-0.3, -0.25) is 0 Å². The van der Waals surface area contributed by atoms with E-state index in [9.17, 15) is 13.2 Å². The third kappa shape index (κ3) is 5.60. The van der Waals surface area contributed by atoms with E-state index in [1.807, 2.05) is 4.90 Å². The van der Waals surface area contributed by atoms with E-state index in [0.29, 0.717) is 12.0 Å². The fourth-order valence-corrected chi connectivity index (χ4v) is 3.27. The van der Waals surface area contributed by atoms with Crippen LogP contribution >= 0.6 is 0 Å². The Kier molecular flexibility index (Phi) is 6.32. The van der Waals surface area contributed by atoms with E-state index in [1.165, 1.54) is 0 Å². The fourth-order valence-electron chi connectivity index (χ4n) is 3.27. The van der Waals surface area contributed by atoms with Crippen LogP contribution in [0.4, 0.5) is 13.2 Å². The molecule has 2 unspecified atom stereocenters. The van der Waals surface area contributed by atoms with E-state index in [2.05, 4.69) is 26.1 Å². The normalized spacial score (nSPS) is 26.4. The Hall–Kier alpha value is -0.290. The molecule has 0 bridgehead atoms. The van der Waals surface area contributed by atoms with Crippen molar-refractivity contribution in [3.63, 3.8) is 0 Å². The Morgan fingerprint density at radius 2 is 1.95 bits per heavy atom. The number of hydrogen-bond acceptors (Lipinski definition) is 2. The number of alkyl halides is 3. The minimum absolute atomic E-state index is 0.0981. The Labute approximate surface area is 121 Å². The largest absolute Gasteiger partial charge is 0.390 e. The van der Waals surface area contributed by atoms with Crippen molar-refractivity contribution in [2.75, 3.05) is 26.7 Å². The van der Waals surface area contributed by atoms with Gasteiger partial charge in [-0.05, 0) is 44.2 Å². The van der Waals surface area contributed by atoms with E-state index in [4.69, 9.17) is 0 Å². The van der Waals surface area contributed by atoms with Gasteiger partial charge in [0.25, 0.3) is 0 Å². The van der Waals surface area contributed by atoms with Crippen LogP contribution in [0.1, 0.15) is 46.5 Å². The molecule has 5 heteroatoms. The molecule has 0 heterocycles. The molecule has 1 saturated carbocycles. The lowest BCUT2D eigenvalue weighted by atomic mass is 9.84. The highest BCUT2D eigenvalue weighted by Gasteiger charge is 2.41. The molecule has 1 N–H and O–H groups in total. The van der Waals surface area contributed by atoms with Gasteiger partial charge in [0.15, 0.2) is 0 Å². The molecule has 0 radical (unpaired) electrons. The summed E-state index contributed by atoms with van der Waals surface area (Å²) in [6, 6.07) is 0.413. The highest BCUT2D eigenvalue weighted by molar-refractivity contribution is 4.96. The van der Waals surface area contributed by atoms with Crippen LogP contribution in [0.5, 0.6) is 0 Å². The molecule has 0 aliphatic heterocycles. The first-order valence-electron chi connectivity index (χ1n) is 7.64. The van der Waals surface area contributed by atoms with Crippen molar-refractivity contribution in [3.05, 3.63) is 0 Å². The lowest BCUT2D eigenvalue weighted by Gasteiger charge is -2.33. The van der Waals surface area contributed by atoms with Crippen molar-refractivity contribution in [2.24, 2.45) is 11.3 Å². The molecule has 120 valence electrons. The minimum Gasteiger partial charge on any atom is -0.313 e. The molecule has 2 atom stereocenters. The second kappa shape index (κ2) is 7.12. The minimum atomic E-state index is -4.05. The van der Waals surface area contributed by atoms with Crippen molar-refractivity contribution in [2.45, 2.75) is 58.7 Å². The standard InChI is InChI=1S/C15H29F3N2/c1-5-9-19-13-12(6-7-14(13,2)3)11-20(4)10-8-15(16,17)18/h12-13,19H,5-11H2,1-4H3. The third-order valence-corrected chi connectivity index (χ3v) is 4.41. The van der Waals surface area contributed by atoms with Crippen LogP contribution in [0, 0.1) is 11.3 Å². The van der Waals surface area contributed by atoms with Gasteiger partial charge in [0.1, 0.15) is 0 Å². The molecule has 0 aromatic rings. The molecule has 0 amide bonds. The summed E-state index contributed by atoms with van der Waals surface area (Å²) in [5.41, 5.74) is 0.241. The Morgan fingerprint density at radius 1 is 1.30 bits per heavy atom. The number of halogens is 3. The molecule has 1 rings (SSSR count). The predicted octanol–water partition coefficient (Wildman–Crippen LogP) is 3.68. The molecule has 0 aromatic heterocycles. The van der Waals surface area contributed by atoms with Crippen LogP contribution in [-0.4, -0.2) is 43.8 Å². The molecule has 1 aliphatic rings. The van der Waals surface area contributed by atoms with E-state index in [0.717, 1.165) is 32.4 Å². The van der Waals surface area contributed by atoms with Crippen LogP contribution in [0.25, 0.3) is 0 Å². The highest BCUT2D eigenvalue weighted by atomic mass is 19.4. The third-order valence-electron chi connectivity index (χ3n) is 4.41. The molecular formula is C15H29F3N2. The monoisotopic (exact) mass is 294 g/mol. The van der Waals surface area contributed by atoms with E-state index in [1.54, 1.807) is 7.05 Å². The van der Waals surface area contributed by atoms with Gasteiger partial charge < -0.3 is 10.2 Å². The van der Waals surface area contributed by atoms with Crippen LogP contribution in [-0.2, 0) is 0 Å². The lowest BCUT2D eigenvalue weighted by Crippen LogP contribution is -2.45. The summed E-state index contributed by atoms with van der Waals surface area (Å²) >= 11 is 0. The average Bonchev–Trinajstić information content (AvgIpc) is 2.59. The van der Waals surface area contributed by atoms with Crippen LogP contribution < -0.4 is 5.32 Å². The first-order valence-corrected chi connectivity index (χ1v) is 7.64. The van der Waals surface area contributed by atoms with E-state index in [-0.39, 0.29) is 12.0 Å². The molecule has 1 aliphatic carbocycles. The molecule has 1 fully saturated rings. The SMILES string of the molecule is CCCNC1C(CN(C)CCC(F)(F)F)CCC1(C)C. The van der Waals surface area contributed by atoms with Gasteiger partial charge in [0.05, 0.1) is 6.42 Å². The summed E-state index contributed by atoms with van der Waals surface area (Å²) in [6.07, 6.45) is -1.43. The van der Waals surface area contributed by atoms with Crippen molar-refractivity contribution in [1.82, 2.24) is 10.2 Å². The van der Waals surface area contributed by atoms with Gasteiger partial charge in [-0.15, -0.1) is 0 Å². The Balaban J connectivity index is 2.48. The summed E-state index contributed by atoms with van der Waals surface area (Å²) in [7, 11) is 1.80. The molecule has 0 saturated heterocycles. The summed E-state index contributed by atoms with van der Waals surface area (Å²) in [5.74, 6) is 0.454. The number of nitrogens with one attached hydrogen (secondary N) is 1. The molecule has 20 heavy (non-hydrogen) atoms. The van der Waals surface area contributed by atoms with Crippen molar-refractivity contribution in [3.8, 4) is 0 Å². The first-order chi connectivity index (χ1) is 9.15. The zero-order valence-corrected chi connectivity index (χ0v) is 13.2. The van der Waals surface area contributed by atoms with Crippen molar-refractivity contribution >= 4 is 0 Å². The van der Waals surface area contributed by atoms with Gasteiger partial charge in [0.2, 0.25) is 0 Å². The van der Waals surface area contributed by atoms with Crippen molar-refractivity contribution in [1.29, 1.82) is 0 Å². The first kappa shape index (κ1) is 17.8. The van der Waals surface area contributed by atoms with Gasteiger partial charge in [0, 0.05) is 19.1 Å². The van der Waals surface area contributed by atoms with E-state index >= 15 is 0 Å². The maximum atomic E-state index is 12.3. The summed E-state index contributed by atoms with van der Waals surface area (Å²) in [4.78, 5) is 1.83. The summed E-state index contributed by atoms with van der Waals surface area (Å²) in [6.45, 7) is 8.49. The lowest BCUT2D eigenvalue weighted by molar-refractivity contribution is -0.137. The van der Waals surface area contributed by atoms with Crippen LogP contribution in [0.15, 0.2) is 0 Å². The van der Waals surface area contributed by atoms with Gasteiger partial charge >= 0.3 is 6.18 Å². The Bertz CT molecular complexity index is 289. The van der Waals surface area contributed by atoms with Gasteiger partial charge in [-0.2, -0.15) is 13.2 Å². The zero-order chi connectivity index (χ0) is 15.4.